The standard InChI is InChI=1S/C15H13ClN4OS/c1-9-3-4-12(16)5-13(9)20-14(21)11(6-17)7-18-15-19-10(2)8-22-15/h3-5,7-8H,1-2H3,(H,18,19)(H,20,21)/b11-7-. The van der Waals surface area contributed by atoms with Crippen LogP contribution in [0.3, 0.4) is 0 Å². The van der Waals surface area contributed by atoms with Crippen LogP contribution in [-0.2, 0) is 4.79 Å². The van der Waals surface area contributed by atoms with Gasteiger partial charge in [-0.3, -0.25) is 4.79 Å². The Hall–Kier alpha value is -2.36. The number of aromatic nitrogens is 1. The molecule has 22 heavy (non-hydrogen) atoms. The number of nitrogens with one attached hydrogen (secondary N) is 2. The second-order valence-electron chi connectivity index (χ2n) is 4.52. The fraction of sp³-hybridized carbons (Fsp3) is 0.133. The quantitative estimate of drug-likeness (QED) is 0.658. The molecule has 1 heterocycles. The average Bonchev–Trinajstić information content (AvgIpc) is 2.89. The van der Waals surface area contributed by atoms with Crippen LogP contribution in [0.2, 0.25) is 5.02 Å². The van der Waals surface area contributed by atoms with Crippen LogP contribution in [0.4, 0.5) is 10.8 Å². The van der Waals surface area contributed by atoms with E-state index in [9.17, 15) is 4.79 Å². The van der Waals surface area contributed by atoms with Crippen LogP contribution in [0.15, 0.2) is 35.4 Å². The molecule has 0 spiro atoms. The molecule has 0 bridgehead atoms. The smallest absolute Gasteiger partial charge is 0.267 e. The van der Waals surface area contributed by atoms with Gasteiger partial charge in [0.25, 0.3) is 5.91 Å². The van der Waals surface area contributed by atoms with Gasteiger partial charge < -0.3 is 10.6 Å². The van der Waals surface area contributed by atoms with Gasteiger partial charge in [0.2, 0.25) is 0 Å². The highest BCUT2D eigenvalue weighted by Gasteiger charge is 2.11. The zero-order valence-corrected chi connectivity index (χ0v) is 13.5. The number of hydrogen-bond donors (Lipinski definition) is 2. The van der Waals surface area contributed by atoms with E-state index >= 15 is 0 Å². The number of hydrogen-bond acceptors (Lipinski definition) is 5. The minimum atomic E-state index is -0.506. The lowest BCUT2D eigenvalue weighted by molar-refractivity contribution is -0.112. The molecule has 0 aliphatic carbocycles. The van der Waals surface area contributed by atoms with Crippen LogP contribution in [0, 0.1) is 25.2 Å². The lowest BCUT2D eigenvalue weighted by Gasteiger charge is -2.08. The molecular weight excluding hydrogens is 320 g/mol. The molecule has 0 aliphatic heterocycles. The van der Waals surface area contributed by atoms with Crippen molar-refractivity contribution in [3.8, 4) is 6.07 Å². The Kier molecular flexibility index (Phi) is 5.15. The van der Waals surface area contributed by atoms with Crippen molar-refractivity contribution < 1.29 is 4.79 Å². The van der Waals surface area contributed by atoms with Gasteiger partial charge in [0, 0.05) is 22.3 Å². The van der Waals surface area contributed by atoms with Crippen molar-refractivity contribution in [1.82, 2.24) is 4.98 Å². The summed E-state index contributed by atoms with van der Waals surface area (Å²) in [7, 11) is 0. The van der Waals surface area contributed by atoms with Crippen molar-refractivity contribution in [2.24, 2.45) is 0 Å². The molecule has 112 valence electrons. The lowest BCUT2D eigenvalue weighted by atomic mass is 10.2. The van der Waals surface area contributed by atoms with E-state index in [0.29, 0.717) is 15.8 Å². The first kappa shape index (κ1) is 16.0. The Bertz CT molecular complexity index is 776. The van der Waals surface area contributed by atoms with E-state index in [0.717, 1.165) is 11.3 Å². The van der Waals surface area contributed by atoms with E-state index in [2.05, 4.69) is 15.6 Å². The highest BCUT2D eigenvalue weighted by molar-refractivity contribution is 7.13. The fourth-order valence-corrected chi connectivity index (χ4v) is 2.45. The van der Waals surface area contributed by atoms with E-state index in [1.165, 1.54) is 17.5 Å². The zero-order chi connectivity index (χ0) is 16.1. The molecule has 0 unspecified atom stereocenters. The van der Waals surface area contributed by atoms with Crippen molar-refractivity contribution >= 4 is 39.7 Å². The summed E-state index contributed by atoms with van der Waals surface area (Å²) in [5.74, 6) is -0.506. The van der Waals surface area contributed by atoms with Gasteiger partial charge in [0.15, 0.2) is 5.13 Å². The Morgan fingerprint density at radius 1 is 1.45 bits per heavy atom. The number of nitriles is 1. The number of halogens is 1. The molecule has 0 radical (unpaired) electrons. The van der Waals surface area contributed by atoms with Crippen LogP contribution in [0.5, 0.6) is 0 Å². The van der Waals surface area contributed by atoms with Gasteiger partial charge >= 0.3 is 0 Å². The van der Waals surface area contributed by atoms with E-state index in [1.54, 1.807) is 18.2 Å². The number of carbonyl (C=O) groups is 1. The normalized spacial score (nSPS) is 10.9. The van der Waals surface area contributed by atoms with E-state index in [-0.39, 0.29) is 5.57 Å². The maximum Gasteiger partial charge on any atom is 0.267 e. The van der Waals surface area contributed by atoms with E-state index in [4.69, 9.17) is 16.9 Å². The topological polar surface area (TPSA) is 77.8 Å². The number of amides is 1. The van der Waals surface area contributed by atoms with Crippen molar-refractivity contribution in [2.45, 2.75) is 13.8 Å². The van der Waals surface area contributed by atoms with Crippen LogP contribution >= 0.6 is 22.9 Å². The molecule has 2 N–H and O–H groups in total. The number of thiazole rings is 1. The van der Waals surface area contributed by atoms with E-state index in [1.807, 2.05) is 25.3 Å². The molecule has 1 amide bonds. The summed E-state index contributed by atoms with van der Waals surface area (Å²) < 4.78 is 0. The maximum absolute atomic E-state index is 12.1. The number of rotatable bonds is 4. The first-order chi connectivity index (χ1) is 10.5. The molecule has 0 saturated heterocycles. The Morgan fingerprint density at radius 3 is 2.86 bits per heavy atom. The van der Waals surface area contributed by atoms with Crippen LogP contribution < -0.4 is 10.6 Å². The minimum Gasteiger partial charge on any atom is -0.337 e. The number of benzene rings is 1. The molecule has 0 aliphatic rings. The fourth-order valence-electron chi connectivity index (χ4n) is 1.62. The third-order valence-corrected chi connectivity index (χ3v) is 3.90. The van der Waals surface area contributed by atoms with Gasteiger partial charge in [-0.15, -0.1) is 11.3 Å². The largest absolute Gasteiger partial charge is 0.337 e. The van der Waals surface area contributed by atoms with Crippen molar-refractivity contribution in [1.29, 1.82) is 5.26 Å². The van der Waals surface area contributed by atoms with E-state index < -0.39 is 5.91 Å². The van der Waals surface area contributed by atoms with Gasteiger partial charge in [-0.25, -0.2) is 4.98 Å². The van der Waals surface area contributed by atoms with Gasteiger partial charge in [-0.2, -0.15) is 5.26 Å². The molecule has 0 atom stereocenters. The summed E-state index contributed by atoms with van der Waals surface area (Å²) in [5.41, 5.74) is 2.26. The molecule has 1 aromatic carbocycles. The first-order valence-electron chi connectivity index (χ1n) is 6.36. The monoisotopic (exact) mass is 332 g/mol. The van der Waals surface area contributed by atoms with Crippen LogP contribution in [0.1, 0.15) is 11.3 Å². The molecule has 1 aromatic heterocycles. The number of carbonyl (C=O) groups excluding carboxylic acids is 1. The average molecular weight is 333 g/mol. The van der Waals surface area contributed by atoms with Gasteiger partial charge in [0.1, 0.15) is 11.6 Å². The Labute approximate surface area is 137 Å². The molecule has 0 saturated carbocycles. The van der Waals surface area contributed by atoms with Gasteiger partial charge in [0.05, 0.1) is 5.69 Å². The second kappa shape index (κ2) is 7.07. The molecule has 5 nitrogen and oxygen atoms in total. The first-order valence-corrected chi connectivity index (χ1v) is 7.62. The highest BCUT2D eigenvalue weighted by Crippen LogP contribution is 2.21. The van der Waals surface area contributed by atoms with Gasteiger partial charge in [-0.1, -0.05) is 17.7 Å². The van der Waals surface area contributed by atoms with Crippen molar-refractivity contribution in [2.75, 3.05) is 10.6 Å². The Balaban J connectivity index is 2.12. The highest BCUT2D eigenvalue weighted by atomic mass is 35.5. The molecular formula is C15H13ClN4OS. The minimum absolute atomic E-state index is 0.0489. The third kappa shape index (κ3) is 4.07. The summed E-state index contributed by atoms with van der Waals surface area (Å²) in [5, 5.41) is 17.6. The molecule has 2 aromatic rings. The summed E-state index contributed by atoms with van der Waals surface area (Å²) >= 11 is 7.30. The molecule has 0 fully saturated rings. The SMILES string of the molecule is Cc1csc(N/C=C(/C#N)C(=O)Nc2cc(Cl)ccc2C)n1. The van der Waals surface area contributed by atoms with Crippen molar-refractivity contribution in [3.63, 3.8) is 0 Å². The van der Waals surface area contributed by atoms with Crippen LogP contribution in [0.25, 0.3) is 0 Å². The predicted octanol–water partition coefficient (Wildman–Crippen LogP) is 3.87. The Morgan fingerprint density at radius 2 is 2.23 bits per heavy atom. The maximum atomic E-state index is 12.1. The van der Waals surface area contributed by atoms with Gasteiger partial charge in [-0.05, 0) is 31.5 Å². The zero-order valence-electron chi connectivity index (χ0n) is 12.0. The summed E-state index contributed by atoms with van der Waals surface area (Å²) in [6, 6.07) is 7.04. The number of aryl methyl sites for hydroxylation is 2. The number of anilines is 2. The molecule has 2 rings (SSSR count). The lowest BCUT2D eigenvalue weighted by Crippen LogP contribution is -2.15. The summed E-state index contributed by atoms with van der Waals surface area (Å²) in [4.78, 5) is 16.3. The summed E-state index contributed by atoms with van der Waals surface area (Å²) in [6.07, 6.45) is 1.34. The number of nitrogens with zero attached hydrogens (tertiary/aromatic N) is 2. The van der Waals surface area contributed by atoms with Crippen LogP contribution in [-0.4, -0.2) is 10.9 Å². The molecule has 7 heteroatoms. The predicted molar refractivity (Wildman–Crippen MR) is 89.0 cm³/mol. The van der Waals surface area contributed by atoms with Crippen molar-refractivity contribution in [3.05, 3.63) is 51.6 Å². The third-order valence-electron chi connectivity index (χ3n) is 2.77. The summed E-state index contributed by atoms with van der Waals surface area (Å²) in [6.45, 7) is 3.71. The second-order valence-corrected chi connectivity index (χ2v) is 5.82.